The SMILES string of the molecule is CCC(=NC(=N)c1ccc2ccccc2c1)c1ccc(-c2c(C)ccc3ccccc23)cc1. The Bertz CT molecular complexity index is 1510. The molecule has 0 spiro atoms. The minimum Gasteiger partial charge on any atom is -0.282 e. The maximum atomic E-state index is 8.60. The van der Waals surface area contributed by atoms with Crippen LogP contribution in [-0.2, 0) is 0 Å². The van der Waals surface area contributed by atoms with Gasteiger partial charge in [0.1, 0.15) is 0 Å². The second-order valence-corrected chi connectivity index (χ2v) is 8.38. The van der Waals surface area contributed by atoms with Crippen LogP contribution in [0.3, 0.4) is 0 Å². The van der Waals surface area contributed by atoms with Crippen LogP contribution in [0, 0.1) is 12.3 Å². The Kier molecular flexibility index (Phi) is 5.58. The van der Waals surface area contributed by atoms with E-state index in [4.69, 9.17) is 10.4 Å². The average Bonchev–Trinajstić information content (AvgIpc) is 2.87. The number of fused-ring (bicyclic) bond motifs is 2. The van der Waals surface area contributed by atoms with Gasteiger partial charge in [0, 0.05) is 11.3 Å². The zero-order chi connectivity index (χ0) is 22.8. The molecule has 33 heavy (non-hydrogen) atoms. The van der Waals surface area contributed by atoms with Crippen molar-refractivity contribution in [2.75, 3.05) is 0 Å². The Hall–Kier alpha value is -4.04. The first-order valence-electron chi connectivity index (χ1n) is 11.4. The number of rotatable bonds is 4. The van der Waals surface area contributed by atoms with Crippen molar-refractivity contribution >= 4 is 33.1 Å². The van der Waals surface area contributed by atoms with E-state index in [1.807, 2.05) is 24.3 Å². The minimum atomic E-state index is 0.298. The third-order valence-corrected chi connectivity index (χ3v) is 6.25. The fraction of sp³-hybridized carbons (Fsp3) is 0.0968. The quantitative estimate of drug-likeness (QED) is 0.222. The van der Waals surface area contributed by atoms with Gasteiger partial charge in [-0.2, -0.15) is 0 Å². The first-order chi connectivity index (χ1) is 16.1. The number of nitrogens with zero attached hydrogens (tertiary/aromatic N) is 1. The highest BCUT2D eigenvalue weighted by Gasteiger charge is 2.10. The van der Waals surface area contributed by atoms with Crippen LogP contribution < -0.4 is 0 Å². The lowest BCUT2D eigenvalue weighted by molar-refractivity contribution is 1.26. The molecule has 0 radical (unpaired) electrons. The van der Waals surface area contributed by atoms with Crippen LogP contribution in [0.2, 0.25) is 0 Å². The minimum absolute atomic E-state index is 0.298. The summed E-state index contributed by atoms with van der Waals surface area (Å²) in [6, 6.07) is 35.8. The molecule has 0 amide bonds. The Morgan fingerprint density at radius 2 is 1.33 bits per heavy atom. The number of aryl methyl sites for hydroxylation is 1. The van der Waals surface area contributed by atoms with E-state index in [0.717, 1.165) is 28.6 Å². The van der Waals surface area contributed by atoms with Crippen molar-refractivity contribution in [2.45, 2.75) is 20.3 Å². The average molecular weight is 427 g/mol. The second kappa shape index (κ2) is 8.84. The Morgan fingerprint density at radius 1 is 0.697 bits per heavy atom. The second-order valence-electron chi connectivity index (χ2n) is 8.38. The van der Waals surface area contributed by atoms with Crippen molar-refractivity contribution in [3.63, 3.8) is 0 Å². The molecule has 0 atom stereocenters. The first-order valence-corrected chi connectivity index (χ1v) is 11.4. The highest BCUT2D eigenvalue weighted by Crippen LogP contribution is 2.32. The number of amidine groups is 1. The van der Waals surface area contributed by atoms with E-state index in [2.05, 4.69) is 92.7 Å². The van der Waals surface area contributed by atoms with Crippen LogP contribution in [0.1, 0.15) is 30.0 Å². The summed E-state index contributed by atoms with van der Waals surface area (Å²) < 4.78 is 0. The van der Waals surface area contributed by atoms with Gasteiger partial charge in [0.2, 0.25) is 0 Å². The first kappa shape index (κ1) is 20.8. The van der Waals surface area contributed by atoms with Crippen LogP contribution in [-0.4, -0.2) is 11.5 Å². The molecule has 160 valence electrons. The van der Waals surface area contributed by atoms with E-state index < -0.39 is 0 Å². The lowest BCUT2D eigenvalue weighted by atomic mass is 9.93. The predicted molar refractivity (Wildman–Crippen MR) is 142 cm³/mol. The summed E-state index contributed by atoms with van der Waals surface area (Å²) in [5.41, 5.74) is 6.57. The van der Waals surface area contributed by atoms with Gasteiger partial charge in [-0.05, 0) is 63.2 Å². The van der Waals surface area contributed by atoms with E-state index in [0.29, 0.717) is 5.84 Å². The molecule has 0 saturated carbocycles. The summed E-state index contributed by atoms with van der Waals surface area (Å²) in [5.74, 6) is 0.298. The summed E-state index contributed by atoms with van der Waals surface area (Å²) >= 11 is 0. The van der Waals surface area contributed by atoms with Gasteiger partial charge < -0.3 is 0 Å². The predicted octanol–water partition coefficient (Wildman–Crippen LogP) is 8.19. The highest BCUT2D eigenvalue weighted by molar-refractivity contribution is 6.12. The van der Waals surface area contributed by atoms with Crippen LogP contribution in [0.4, 0.5) is 0 Å². The lowest BCUT2D eigenvalue weighted by Crippen LogP contribution is -2.05. The van der Waals surface area contributed by atoms with E-state index in [1.165, 1.54) is 32.8 Å². The number of nitrogens with one attached hydrogen (secondary N) is 1. The standard InChI is InChI=1S/C31H26N2/c1-3-29(33-31(32)27-19-14-22-8-4-5-10-26(22)20-27)24-15-17-25(18-16-24)30-21(2)12-13-23-9-6-7-11-28(23)30/h4-20,32H,3H2,1-2H3. The molecule has 0 fully saturated rings. The molecule has 0 unspecified atom stereocenters. The maximum absolute atomic E-state index is 8.60. The van der Waals surface area contributed by atoms with Gasteiger partial charge >= 0.3 is 0 Å². The fourth-order valence-corrected chi connectivity index (χ4v) is 4.48. The Balaban J connectivity index is 1.48. The number of benzene rings is 5. The Labute approximate surface area is 194 Å². The summed E-state index contributed by atoms with van der Waals surface area (Å²) in [4.78, 5) is 4.71. The molecule has 0 aliphatic rings. The van der Waals surface area contributed by atoms with Gasteiger partial charge in [-0.1, -0.05) is 104 Å². The lowest BCUT2D eigenvalue weighted by Gasteiger charge is -2.12. The van der Waals surface area contributed by atoms with Crippen molar-refractivity contribution in [3.05, 3.63) is 120 Å². The molecule has 0 aromatic heterocycles. The number of hydrogen-bond donors (Lipinski definition) is 1. The molecule has 5 rings (SSSR count). The largest absolute Gasteiger partial charge is 0.282 e. The van der Waals surface area contributed by atoms with Crippen LogP contribution in [0.5, 0.6) is 0 Å². The van der Waals surface area contributed by atoms with Crippen molar-refractivity contribution in [1.82, 2.24) is 0 Å². The number of aliphatic imine (C=N–C) groups is 1. The highest BCUT2D eigenvalue weighted by atomic mass is 14.8. The van der Waals surface area contributed by atoms with E-state index in [-0.39, 0.29) is 0 Å². The summed E-state index contributed by atoms with van der Waals surface area (Å²) in [5, 5.41) is 13.4. The van der Waals surface area contributed by atoms with Gasteiger partial charge in [0.25, 0.3) is 0 Å². The van der Waals surface area contributed by atoms with Gasteiger partial charge in [-0.3, -0.25) is 5.41 Å². The monoisotopic (exact) mass is 426 g/mol. The zero-order valence-electron chi connectivity index (χ0n) is 19.0. The molecule has 0 aliphatic carbocycles. The molecular weight excluding hydrogens is 400 g/mol. The normalized spacial score (nSPS) is 11.8. The third-order valence-electron chi connectivity index (χ3n) is 6.25. The molecular formula is C31H26N2. The topological polar surface area (TPSA) is 36.2 Å². The van der Waals surface area contributed by atoms with Crippen molar-refractivity contribution < 1.29 is 0 Å². The molecule has 2 nitrogen and oxygen atoms in total. The van der Waals surface area contributed by atoms with E-state index in [1.54, 1.807) is 0 Å². The zero-order valence-corrected chi connectivity index (χ0v) is 19.0. The van der Waals surface area contributed by atoms with Gasteiger partial charge in [0.15, 0.2) is 5.84 Å². The summed E-state index contributed by atoms with van der Waals surface area (Å²) in [6.07, 6.45) is 0.766. The molecule has 1 N–H and O–H groups in total. The molecule has 2 heteroatoms. The van der Waals surface area contributed by atoms with Gasteiger partial charge in [-0.15, -0.1) is 0 Å². The summed E-state index contributed by atoms with van der Waals surface area (Å²) in [6.45, 7) is 4.26. The van der Waals surface area contributed by atoms with Crippen molar-refractivity contribution in [2.24, 2.45) is 4.99 Å². The third kappa shape index (κ3) is 4.08. The molecule has 0 saturated heterocycles. The van der Waals surface area contributed by atoms with Crippen LogP contribution in [0.15, 0.2) is 108 Å². The summed E-state index contributed by atoms with van der Waals surface area (Å²) in [7, 11) is 0. The Morgan fingerprint density at radius 3 is 2.09 bits per heavy atom. The smallest absolute Gasteiger partial charge is 0.152 e. The van der Waals surface area contributed by atoms with E-state index in [9.17, 15) is 0 Å². The fourth-order valence-electron chi connectivity index (χ4n) is 4.48. The van der Waals surface area contributed by atoms with Crippen LogP contribution in [0.25, 0.3) is 32.7 Å². The number of hydrogen-bond acceptors (Lipinski definition) is 1. The molecule has 5 aromatic carbocycles. The maximum Gasteiger partial charge on any atom is 0.152 e. The van der Waals surface area contributed by atoms with Crippen LogP contribution >= 0.6 is 0 Å². The molecule has 5 aromatic rings. The van der Waals surface area contributed by atoms with Crippen molar-refractivity contribution in [3.8, 4) is 11.1 Å². The van der Waals surface area contributed by atoms with Gasteiger partial charge in [-0.25, -0.2) is 4.99 Å². The molecule has 0 heterocycles. The molecule has 0 aliphatic heterocycles. The van der Waals surface area contributed by atoms with E-state index >= 15 is 0 Å². The van der Waals surface area contributed by atoms with Gasteiger partial charge in [0.05, 0.1) is 0 Å². The molecule has 0 bridgehead atoms. The van der Waals surface area contributed by atoms with Crippen molar-refractivity contribution in [1.29, 1.82) is 5.41 Å².